The number of ether oxygens (including phenoxy) is 1. The largest absolute Gasteiger partial charge is 0.459 e. The van der Waals surface area contributed by atoms with Gasteiger partial charge in [0.05, 0.1) is 3.79 Å². The van der Waals surface area contributed by atoms with Gasteiger partial charge in [-0.15, -0.1) is 11.3 Å². The van der Waals surface area contributed by atoms with E-state index >= 15 is 0 Å². The first-order chi connectivity index (χ1) is 8.83. The molecule has 106 valence electrons. The second-order valence-corrected chi connectivity index (χ2v) is 8.71. The molecule has 1 fully saturated rings. The van der Waals surface area contributed by atoms with Gasteiger partial charge in [-0.3, -0.25) is 4.79 Å². The predicted molar refractivity (Wildman–Crippen MR) is 82.6 cm³/mol. The summed E-state index contributed by atoms with van der Waals surface area (Å²) in [5.74, 6) is -0.0472. The maximum Gasteiger partial charge on any atom is 0.317 e. The molecule has 2 nitrogen and oxygen atoms in total. The summed E-state index contributed by atoms with van der Waals surface area (Å²) in [5, 5.41) is 0. The van der Waals surface area contributed by atoms with Crippen LogP contribution in [0.2, 0.25) is 0 Å². The smallest absolute Gasteiger partial charge is 0.317 e. The average molecular weight is 345 g/mol. The van der Waals surface area contributed by atoms with Gasteiger partial charge in [-0.05, 0) is 61.7 Å². The van der Waals surface area contributed by atoms with Crippen LogP contribution >= 0.6 is 27.3 Å². The third kappa shape index (κ3) is 3.40. The van der Waals surface area contributed by atoms with Crippen molar-refractivity contribution in [1.29, 1.82) is 0 Å². The van der Waals surface area contributed by atoms with E-state index in [9.17, 15) is 4.79 Å². The van der Waals surface area contributed by atoms with Gasteiger partial charge in [0, 0.05) is 4.88 Å². The second kappa shape index (κ2) is 5.57. The Hall–Kier alpha value is -0.350. The molecule has 1 aromatic rings. The van der Waals surface area contributed by atoms with Crippen molar-refractivity contribution in [3.05, 3.63) is 20.8 Å². The van der Waals surface area contributed by atoms with E-state index in [1.54, 1.807) is 11.3 Å². The average Bonchev–Trinajstić information content (AvgIpc) is 2.75. The third-order valence-corrected chi connectivity index (χ3v) is 5.37. The zero-order valence-corrected chi connectivity index (χ0v) is 14.2. The van der Waals surface area contributed by atoms with Crippen molar-refractivity contribution in [2.75, 3.05) is 0 Å². The van der Waals surface area contributed by atoms with Gasteiger partial charge in [-0.2, -0.15) is 0 Å². The highest BCUT2D eigenvalue weighted by molar-refractivity contribution is 9.11. The van der Waals surface area contributed by atoms with Crippen molar-refractivity contribution in [2.24, 2.45) is 0 Å². The van der Waals surface area contributed by atoms with Crippen LogP contribution in [0.15, 0.2) is 15.9 Å². The van der Waals surface area contributed by atoms with Gasteiger partial charge in [-0.1, -0.05) is 19.3 Å². The van der Waals surface area contributed by atoms with E-state index in [1.165, 1.54) is 6.42 Å². The van der Waals surface area contributed by atoms with Crippen LogP contribution < -0.4 is 0 Å². The Kier molecular flexibility index (Phi) is 4.41. The summed E-state index contributed by atoms with van der Waals surface area (Å²) in [6.45, 7) is 5.81. The Morgan fingerprint density at radius 3 is 2.37 bits per heavy atom. The summed E-state index contributed by atoms with van der Waals surface area (Å²) in [7, 11) is 0. The third-order valence-electron chi connectivity index (χ3n) is 3.54. The van der Waals surface area contributed by atoms with Crippen molar-refractivity contribution in [1.82, 2.24) is 0 Å². The molecular formula is C15H21BrO2S. The lowest BCUT2D eigenvalue weighted by molar-refractivity contribution is -0.163. The molecule has 2 rings (SSSR count). The zero-order chi connectivity index (χ0) is 14.1. The Bertz CT molecular complexity index is 453. The van der Waals surface area contributed by atoms with E-state index in [0.29, 0.717) is 0 Å². The highest BCUT2D eigenvalue weighted by atomic mass is 79.9. The predicted octanol–water partition coefficient (Wildman–Crippen LogP) is 5.05. The van der Waals surface area contributed by atoms with Gasteiger partial charge in [-0.25, -0.2) is 0 Å². The number of hydrogen-bond acceptors (Lipinski definition) is 3. The fourth-order valence-electron chi connectivity index (χ4n) is 2.65. The Morgan fingerprint density at radius 1 is 1.26 bits per heavy atom. The highest BCUT2D eigenvalue weighted by Gasteiger charge is 2.45. The minimum Gasteiger partial charge on any atom is -0.459 e. The van der Waals surface area contributed by atoms with Gasteiger partial charge in [0.15, 0.2) is 0 Å². The van der Waals surface area contributed by atoms with E-state index in [2.05, 4.69) is 22.0 Å². The first kappa shape index (κ1) is 15.0. The maximum atomic E-state index is 12.7. The summed E-state index contributed by atoms with van der Waals surface area (Å²) in [5.41, 5.74) is -0.835. The van der Waals surface area contributed by atoms with E-state index in [1.807, 2.05) is 26.8 Å². The molecule has 0 radical (unpaired) electrons. The van der Waals surface area contributed by atoms with Crippen LogP contribution in [-0.4, -0.2) is 11.6 Å². The molecule has 0 aromatic carbocycles. The van der Waals surface area contributed by atoms with Crippen LogP contribution in [0.3, 0.4) is 0 Å². The summed E-state index contributed by atoms with van der Waals surface area (Å²) >= 11 is 5.16. The highest BCUT2D eigenvalue weighted by Crippen LogP contribution is 2.44. The van der Waals surface area contributed by atoms with E-state index in [0.717, 1.165) is 34.3 Å². The molecule has 0 atom stereocenters. The minimum atomic E-state index is -0.421. The van der Waals surface area contributed by atoms with Gasteiger partial charge in [0.1, 0.15) is 11.0 Å². The monoisotopic (exact) mass is 344 g/mol. The Balaban J connectivity index is 2.32. The molecule has 0 saturated heterocycles. The van der Waals surface area contributed by atoms with Crippen LogP contribution in [0.4, 0.5) is 0 Å². The summed E-state index contributed by atoms with van der Waals surface area (Å²) < 4.78 is 6.78. The van der Waals surface area contributed by atoms with Crippen LogP contribution in [-0.2, 0) is 14.9 Å². The molecule has 4 heteroatoms. The summed E-state index contributed by atoms with van der Waals surface area (Å²) in [4.78, 5) is 13.9. The van der Waals surface area contributed by atoms with Gasteiger partial charge >= 0.3 is 5.97 Å². The number of thiophene rings is 1. The molecule has 0 aliphatic heterocycles. The molecule has 0 spiro atoms. The number of carbonyl (C=O) groups is 1. The van der Waals surface area contributed by atoms with Crippen molar-refractivity contribution >= 4 is 33.2 Å². The van der Waals surface area contributed by atoms with Crippen LogP contribution in [0.25, 0.3) is 0 Å². The topological polar surface area (TPSA) is 26.3 Å². The SMILES string of the molecule is CC(C)(C)OC(=O)C1(c2ccc(Br)s2)CCCCC1. The van der Waals surface area contributed by atoms with Crippen molar-refractivity contribution in [2.45, 2.75) is 63.9 Å². The lowest BCUT2D eigenvalue weighted by Crippen LogP contribution is -2.42. The lowest BCUT2D eigenvalue weighted by Gasteiger charge is -2.36. The molecule has 1 aliphatic carbocycles. The molecule has 1 saturated carbocycles. The van der Waals surface area contributed by atoms with Gasteiger partial charge in [0.25, 0.3) is 0 Å². The first-order valence-electron chi connectivity index (χ1n) is 6.83. The van der Waals surface area contributed by atoms with Gasteiger partial charge < -0.3 is 4.74 Å². The molecule has 1 aliphatic rings. The van der Waals surface area contributed by atoms with Crippen molar-refractivity contribution in [3.8, 4) is 0 Å². The van der Waals surface area contributed by atoms with E-state index < -0.39 is 11.0 Å². The summed E-state index contributed by atoms with van der Waals surface area (Å²) in [6.07, 6.45) is 5.25. The quantitative estimate of drug-likeness (QED) is 0.701. The fraction of sp³-hybridized carbons (Fsp3) is 0.667. The number of carbonyl (C=O) groups excluding carboxylic acids is 1. The molecule has 1 aromatic heterocycles. The van der Waals surface area contributed by atoms with Crippen molar-refractivity contribution in [3.63, 3.8) is 0 Å². The van der Waals surface area contributed by atoms with Crippen LogP contribution in [0.5, 0.6) is 0 Å². The first-order valence-corrected chi connectivity index (χ1v) is 8.44. The molecule has 19 heavy (non-hydrogen) atoms. The number of esters is 1. The van der Waals surface area contributed by atoms with Crippen LogP contribution in [0.1, 0.15) is 57.8 Å². The number of halogens is 1. The fourth-order valence-corrected chi connectivity index (χ4v) is 4.27. The minimum absolute atomic E-state index is 0.0472. The number of rotatable bonds is 2. The zero-order valence-electron chi connectivity index (χ0n) is 11.8. The Morgan fingerprint density at radius 2 is 1.89 bits per heavy atom. The van der Waals surface area contributed by atoms with E-state index in [-0.39, 0.29) is 5.97 Å². The van der Waals surface area contributed by atoms with Crippen molar-refractivity contribution < 1.29 is 9.53 Å². The normalized spacial score (nSPS) is 19.2. The maximum absolute atomic E-state index is 12.7. The molecule has 1 heterocycles. The number of hydrogen-bond donors (Lipinski definition) is 0. The van der Waals surface area contributed by atoms with E-state index in [4.69, 9.17) is 4.74 Å². The molecule has 0 amide bonds. The van der Waals surface area contributed by atoms with Crippen LogP contribution in [0, 0.1) is 0 Å². The molecule has 0 N–H and O–H groups in total. The van der Waals surface area contributed by atoms with Gasteiger partial charge in [0.2, 0.25) is 0 Å². The lowest BCUT2D eigenvalue weighted by atomic mass is 9.73. The standard InChI is InChI=1S/C15H21BrO2S/c1-14(2,3)18-13(17)15(9-5-4-6-10-15)11-7-8-12(16)19-11/h7-8H,4-6,9-10H2,1-3H3. The molecular weight excluding hydrogens is 324 g/mol. The molecule has 0 bridgehead atoms. The summed E-state index contributed by atoms with van der Waals surface area (Å²) in [6, 6.07) is 4.10. The Labute approximate surface area is 127 Å². The molecule has 0 unspecified atom stereocenters. The second-order valence-electron chi connectivity index (χ2n) is 6.25.